The van der Waals surface area contributed by atoms with Gasteiger partial charge in [0.05, 0.1) is 6.07 Å². The Kier molecular flexibility index (Phi) is 3.21. The molecule has 0 saturated heterocycles. The minimum absolute atomic E-state index is 0.162. The van der Waals surface area contributed by atoms with Crippen LogP contribution in [-0.2, 0) is 0 Å². The van der Waals surface area contributed by atoms with Crippen molar-refractivity contribution in [1.29, 1.82) is 5.26 Å². The van der Waals surface area contributed by atoms with Crippen LogP contribution in [0.3, 0.4) is 0 Å². The van der Waals surface area contributed by atoms with Gasteiger partial charge >= 0.3 is 0 Å². The maximum atomic E-state index is 12.1. The number of carbonyl (C=O) groups is 1. The summed E-state index contributed by atoms with van der Waals surface area (Å²) in [6.07, 6.45) is 2.51. The van der Waals surface area contributed by atoms with Gasteiger partial charge in [-0.25, -0.2) is 0 Å². The number of nitrogens with one attached hydrogen (secondary N) is 1. The predicted molar refractivity (Wildman–Crippen MR) is 68.5 cm³/mol. The van der Waals surface area contributed by atoms with Gasteiger partial charge in [0.1, 0.15) is 5.54 Å². The molecule has 0 spiro atoms. The number of halogens is 1. The zero-order valence-corrected chi connectivity index (χ0v) is 11.2. The molecule has 1 amide bonds. The Bertz CT molecular complexity index is 501. The van der Waals surface area contributed by atoms with Crippen LogP contribution in [0.15, 0.2) is 22.7 Å². The first-order valence-corrected chi connectivity index (χ1v) is 6.35. The van der Waals surface area contributed by atoms with E-state index in [1.807, 2.05) is 19.1 Å². The molecule has 17 heavy (non-hydrogen) atoms. The Morgan fingerprint density at radius 2 is 2.24 bits per heavy atom. The molecule has 0 unspecified atom stereocenters. The van der Waals surface area contributed by atoms with Crippen molar-refractivity contribution >= 4 is 21.8 Å². The van der Waals surface area contributed by atoms with Crippen LogP contribution in [0.2, 0.25) is 0 Å². The quantitative estimate of drug-likeness (QED) is 0.911. The van der Waals surface area contributed by atoms with Gasteiger partial charge in [-0.05, 0) is 43.9 Å². The van der Waals surface area contributed by atoms with E-state index >= 15 is 0 Å². The molecule has 88 valence electrons. The highest BCUT2D eigenvalue weighted by molar-refractivity contribution is 9.10. The third-order valence-corrected chi connectivity index (χ3v) is 3.71. The average Bonchev–Trinajstić information content (AvgIpc) is 2.26. The van der Waals surface area contributed by atoms with E-state index in [0.717, 1.165) is 29.3 Å². The normalized spacial score (nSPS) is 16.8. The lowest BCUT2D eigenvalue weighted by atomic mass is 9.78. The fourth-order valence-electron chi connectivity index (χ4n) is 1.92. The van der Waals surface area contributed by atoms with E-state index in [0.29, 0.717) is 5.56 Å². The summed E-state index contributed by atoms with van der Waals surface area (Å²) in [5, 5.41) is 11.9. The molecule has 0 heterocycles. The molecule has 1 aliphatic carbocycles. The highest BCUT2D eigenvalue weighted by Crippen LogP contribution is 2.31. The third kappa shape index (κ3) is 2.34. The van der Waals surface area contributed by atoms with E-state index in [2.05, 4.69) is 27.3 Å². The number of amides is 1. The SMILES string of the molecule is Cc1ccc(Br)cc1C(=O)NC1(C#N)CCC1. The average molecular weight is 293 g/mol. The number of hydrogen-bond donors (Lipinski definition) is 1. The van der Waals surface area contributed by atoms with Gasteiger partial charge in [-0.1, -0.05) is 22.0 Å². The molecule has 2 rings (SSSR count). The van der Waals surface area contributed by atoms with Crippen molar-refractivity contribution in [3.8, 4) is 6.07 Å². The number of nitrogens with zero attached hydrogens (tertiary/aromatic N) is 1. The molecule has 0 aromatic heterocycles. The molecule has 1 saturated carbocycles. The van der Waals surface area contributed by atoms with Crippen LogP contribution in [-0.4, -0.2) is 11.4 Å². The van der Waals surface area contributed by atoms with Gasteiger partial charge < -0.3 is 5.32 Å². The van der Waals surface area contributed by atoms with Gasteiger partial charge in [0.15, 0.2) is 0 Å². The van der Waals surface area contributed by atoms with Gasteiger partial charge in [-0.3, -0.25) is 4.79 Å². The Labute approximate surface area is 109 Å². The van der Waals surface area contributed by atoms with Crippen LogP contribution in [0.5, 0.6) is 0 Å². The van der Waals surface area contributed by atoms with Crippen molar-refractivity contribution in [3.63, 3.8) is 0 Å². The van der Waals surface area contributed by atoms with Gasteiger partial charge in [-0.15, -0.1) is 0 Å². The van der Waals surface area contributed by atoms with Crippen LogP contribution in [0.1, 0.15) is 35.2 Å². The predicted octanol–water partition coefficient (Wildman–Crippen LogP) is 2.93. The molecule has 1 fully saturated rings. The summed E-state index contributed by atoms with van der Waals surface area (Å²) in [7, 11) is 0. The maximum absolute atomic E-state index is 12.1. The van der Waals surface area contributed by atoms with E-state index in [1.54, 1.807) is 6.07 Å². The first-order valence-electron chi connectivity index (χ1n) is 5.56. The lowest BCUT2D eigenvalue weighted by molar-refractivity contribution is 0.0881. The van der Waals surface area contributed by atoms with E-state index in [4.69, 9.17) is 5.26 Å². The van der Waals surface area contributed by atoms with Crippen molar-refractivity contribution in [3.05, 3.63) is 33.8 Å². The Morgan fingerprint density at radius 1 is 1.53 bits per heavy atom. The Balaban J connectivity index is 2.20. The molecular weight excluding hydrogens is 280 g/mol. The molecular formula is C13H13BrN2O. The maximum Gasteiger partial charge on any atom is 0.252 e. The molecule has 1 aromatic carbocycles. The van der Waals surface area contributed by atoms with Crippen molar-refractivity contribution < 1.29 is 4.79 Å². The summed E-state index contributed by atoms with van der Waals surface area (Å²) in [5.41, 5.74) is 0.908. The highest BCUT2D eigenvalue weighted by atomic mass is 79.9. The van der Waals surface area contributed by atoms with Crippen LogP contribution < -0.4 is 5.32 Å². The fraction of sp³-hybridized carbons (Fsp3) is 0.385. The first kappa shape index (κ1) is 12.1. The van der Waals surface area contributed by atoms with Crippen LogP contribution in [0, 0.1) is 18.3 Å². The van der Waals surface area contributed by atoms with Gasteiger partial charge in [-0.2, -0.15) is 5.26 Å². The highest BCUT2D eigenvalue weighted by Gasteiger charge is 2.38. The lowest BCUT2D eigenvalue weighted by Crippen LogP contribution is -2.52. The number of benzene rings is 1. The zero-order chi connectivity index (χ0) is 12.5. The second-order valence-corrected chi connectivity index (χ2v) is 5.38. The Hall–Kier alpha value is -1.34. The zero-order valence-electron chi connectivity index (χ0n) is 9.59. The number of hydrogen-bond acceptors (Lipinski definition) is 2. The molecule has 1 N–H and O–H groups in total. The van der Waals surface area contributed by atoms with Crippen LogP contribution in [0.4, 0.5) is 0 Å². The third-order valence-electron chi connectivity index (χ3n) is 3.22. The lowest BCUT2D eigenvalue weighted by Gasteiger charge is -2.35. The fourth-order valence-corrected chi connectivity index (χ4v) is 2.28. The Morgan fingerprint density at radius 3 is 2.76 bits per heavy atom. The van der Waals surface area contributed by atoms with Gasteiger partial charge in [0.2, 0.25) is 0 Å². The molecule has 0 bridgehead atoms. The smallest absolute Gasteiger partial charge is 0.252 e. The molecule has 3 nitrogen and oxygen atoms in total. The molecule has 1 aromatic rings. The molecule has 0 radical (unpaired) electrons. The molecule has 0 atom stereocenters. The monoisotopic (exact) mass is 292 g/mol. The van der Waals surface area contributed by atoms with Crippen molar-refractivity contribution in [2.45, 2.75) is 31.7 Å². The molecule has 0 aliphatic heterocycles. The van der Waals surface area contributed by atoms with Crippen LogP contribution >= 0.6 is 15.9 Å². The van der Waals surface area contributed by atoms with Crippen LogP contribution in [0.25, 0.3) is 0 Å². The van der Waals surface area contributed by atoms with Gasteiger partial charge in [0.25, 0.3) is 5.91 Å². The number of carbonyl (C=O) groups excluding carboxylic acids is 1. The van der Waals surface area contributed by atoms with E-state index in [-0.39, 0.29) is 5.91 Å². The van der Waals surface area contributed by atoms with Crippen molar-refractivity contribution in [2.75, 3.05) is 0 Å². The van der Waals surface area contributed by atoms with Crippen molar-refractivity contribution in [2.24, 2.45) is 0 Å². The minimum atomic E-state index is -0.633. The largest absolute Gasteiger partial charge is 0.334 e. The number of rotatable bonds is 2. The first-order chi connectivity index (χ1) is 8.06. The molecule has 1 aliphatic rings. The summed E-state index contributed by atoms with van der Waals surface area (Å²) in [6.45, 7) is 1.89. The minimum Gasteiger partial charge on any atom is -0.334 e. The van der Waals surface area contributed by atoms with Crippen molar-refractivity contribution in [1.82, 2.24) is 5.32 Å². The summed E-state index contributed by atoms with van der Waals surface area (Å²) in [5.74, 6) is -0.162. The second kappa shape index (κ2) is 4.50. The number of nitriles is 1. The molecule has 4 heteroatoms. The van der Waals surface area contributed by atoms with Gasteiger partial charge in [0, 0.05) is 10.0 Å². The van der Waals surface area contributed by atoms with E-state index in [9.17, 15) is 4.79 Å². The summed E-state index contributed by atoms with van der Waals surface area (Å²) < 4.78 is 0.868. The summed E-state index contributed by atoms with van der Waals surface area (Å²) in [6, 6.07) is 7.78. The summed E-state index contributed by atoms with van der Waals surface area (Å²) in [4.78, 5) is 12.1. The second-order valence-electron chi connectivity index (χ2n) is 4.46. The number of aryl methyl sites for hydroxylation is 1. The van der Waals surface area contributed by atoms with E-state index < -0.39 is 5.54 Å². The standard InChI is InChI=1S/C13H13BrN2O/c1-9-3-4-10(14)7-11(9)12(17)16-13(8-15)5-2-6-13/h3-4,7H,2,5-6H2,1H3,(H,16,17). The van der Waals surface area contributed by atoms with E-state index in [1.165, 1.54) is 0 Å². The summed E-state index contributed by atoms with van der Waals surface area (Å²) >= 11 is 3.35. The topological polar surface area (TPSA) is 52.9 Å².